The van der Waals surface area contributed by atoms with Crippen molar-refractivity contribution in [2.45, 2.75) is 39.7 Å². The molecule has 1 nitrogen and oxygen atoms in total. The summed E-state index contributed by atoms with van der Waals surface area (Å²) in [5, 5.41) is 9.97. The molecule has 0 aliphatic rings. The largest absolute Gasteiger partial charge is 0.392 e. The van der Waals surface area contributed by atoms with Gasteiger partial charge in [-0.25, -0.2) is 8.78 Å². The molecule has 0 fully saturated rings. The molecule has 0 bridgehead atoms. The van der Waals surface area contributed by atoms with E-state index in [0.29, 0.717) is 5.56 Å². The Labute approximate surface area is 95.1 Å². The third kappa shape index (κ3) is 3.27. The topological polar surface area (TPSA) is 20.2 Å². The molecule has 90 valence electrons. The van der Waals surface area contributed by atoms with Crippen molar-refractivity contribution in [3.05, 3.63) is 35.4 Å². The number of hydrogen-bond donors (Lipinski definition) is 1. The molecule has 0 aromatic heterocycles. The van der Waals surface area contributed by atoms with Crippen LogP contribution >= 0.6 is 0 Å². The van der Waals surface area contributed by atoms with Crippen LogP contribution in [0.4, 0.5) is 8.78 Å². The Balaban J connectivity index is 2.80. The molecule has 0 saturated carbocycles. The summed E-state index contributed by atoms with van der Waals surface area (Å²) in [6.45, 7) is 5.86. The van der Waals surface area contributed by atoms with E-state index in [4.69, 9.17) is 0 Å². The normalized spacial score (nSPS) is 13.9. The Morgan fingerprint density at radius 3 is 2.12 bits per heavy atom. The van der Waals surface area contributed by atoms with E-state index in [1.54, 1.807) is 0 Å². The van der Waals surface area contributed by atoms with Crippen molar-refractivity contribution in [1.29, 1.82) is 0 Å². The van der Waals surface area contributed by atoms with Gasteiger partial charge >= 0.3 is 0 Å². The van der Waals surface area contributed by atoms with Crippen LogP contribution in [-0.4, -0.2) is 11.2 Å². The van der Waals surface area contributed by atoms with Crippen LogP contribution in [0, 0.1) is 17.0 Å². The van der Waals surface area contributed by atoms with E-state index < -0.39 is 17.7 Å². The van der Waals surface area contributed by atoms with Crippen molar-refractivity contribution < 1.29 is 13.9 Å². The second-order valence-electron chi connectivity index (χ2n) is 4.84. The molecule has 1 rings (SSSR count). The molecule has 0 heterocycles. The lowest BCUT2D eigenvalue weighted by molar-refractivity contribution is 0.0478. The van der Waals surface area contributed by atoms with E-state index in [2.05, 4.69) is 0 Å². The van der Waals surface area contributed by atoms with E-state index in [9.17, 15) is 13.9 Å². The van der Waals surface area contributed by atoms with Gasteiger partial charge in [0.15, 0.2) is 0 Å². The first-order chi connectivity index (χ1) is 7.35. The number of aliphatic hydroxyl groups excluding tert-OH is 1. The Morgan fingerprint density at radius 2 is 1.69 bits per heavy atom. The molecule has 0 aliphatic carbocycles. The highest BCUT2D eigenvalue weighted by Gasteiger charge is 2.25. The van der Waals surface area contributed by atoms with Gasteiger partial charge in [0.25, 0.3) is 0 Å². The standard InChI is InChI=1S/C13H18F2O/c1-4-13(2,3)12(16)7-9-5-10(14)8-11(15)6-9/h5-6,8,12,16H,4,7H2,1-3H3. The van der Waals surface area contributed by atoms with Crippen LogP contribution < -0.4 is 0 Å². The minimum Gasteiger partial charge on any atom is -0.392 e. The zero-order valence-corrected chi connectivity index (χ0v) is 9.93. The molecule has 1 aromatic rings. The van der Waals surface area contributed by atoms with Crippen LogP contribution in [0.25, 0.3) is 0 Å². The zero-order chi connectivity index (χ0) is 12.3. The lowest BCUT2D eigenvalue weighted by Crippen LogP contribution is -2.30. The third-order valence-electron chi connectivity index (χ3n) is 3.16. The Bertz CT molecular complexity index is 341. The first-order valence-corrected chi connectivity index (χ1v) is 5.48. The molecule has 3 heteroatoms. The fourth-order valence-corrected chi connectivity index (χ4v) is 1.46. The van der Waals surface area contributed by atoms with Gasteiger partial charge in [-0.15, -0.1) is 0 Å². The molecular weight excluding hydrogens is 210 g/mol. The van der Waals surface area contributed by atoms with Crippen molar-refractivity contribution in [2.75, 3.05) is 0 Å². The van der Waals surface area contributed by atoms with E-state index >= 15 is 0 Å². The van der Waals surface area contributed by atoms with E-state index in [0.717, 1.165) is 12.5 Å². The van der Waals surface area contributed by atoms with E-state index in [1.165, 1.54) is 12.1 Å². The molecule has 1 atom stereocenters. The van der Waals surface area contributed by atoms with Crippen molar-refractivity contribution in [3.8, 4) is 0 Å². The average Bonchev–Trinajstić information content (AvgIpc) is 2.15. The maximum atomic E-state index is 12.9. The highest BCUT2D eigenvalue weighted by molar-refractivity contribution is 5.19. The van der Waals surface area contributed by atoms with Gasteiger partial charge in [0.2, 0.25) is 0 Å². The average molecular weight is 228 g/mol. The number of halogens is 2. The molecule has 0 amide bonds. The van der Waals surface area contributed by atoms with Crippen molar-refractivity contribution >= 4 is 0 Å². The zero-order valence-electron chi connectivity index (χ0n) is 9.93. The summed E-state index contributed by atoms with van der Waals surface area (Å²) in [5.74, 6) is -1.20. The van der Waals surface area contributed by atoms with Crippen LogP contribution in [-0.2, 0) is 6.42 Å². The fraction of sp³-hybridized carbons (Fsp3) is 0.538. The Kier molecular flexibility index (Phi) is 4.03. The van der Waals surface area contributed by atoms with Gasteiger partial charge in [-0.1, -0.05) is 20.8 Å². The van der Waals surface area contributed by atoms with Gasteiger partial charge in [-0.3, -0.25) is 0 Å². The highest BCUT2D eigenvalue weighted by Crippen LogP contribution is 2.27. The molecule has 0 radical (unpaired) electrons. The van der Waals surface area contributed by atoms with E-state index in [1.807, 2.05) is 20.8 Å². The molecule has 1 unspecified atom stereocenters. The first kappa shape index (κ1) is 13.1. The monoisotopic (exact) mass is 228 g/mol. The summed E-state index contributed by atoms with van der Waals surface area (Å²) in [6, 6.07) is 3.36. The summed E-state index contributed by atoms with van der Waals surface area (Å²) in [5.41, 5.74) is 0.245. The predicted molar refractivity (Wildman–Crippen MR) is 60.1 cm³/mol. The quantitative estimate of drug-likeness (QED) is 0.838. The SMILES string of the molecule is CCC(C)(C)C(O)Cc1cc(F)cc(F)c1. The van der Waals surface area contributed by atoms with Gasteiger partial charge in [-0.05, 0) is 36.0 Å². The van der Waals surface area contributed by atoms with Gasteiger partial charge in [0.05, 0.1) is 6.10 Å². The Hall–Kier alpha value is -0.960. The lowest BCUT2D eigenvalue weighted by Gasteiger charge is -2.29. The van der Waals surface area contributed by atoms with Gasteiger partial charge in [-0.2, -0.15) is 0 Å². The lowest BCUT2D eigenvalue weighted by atomic mass is 9.81. The Morgan fingerprint density at radius 1 is 1.19 bits per heavy atom. The second-order valence-corrected chi connectivity index (χ2v) is 4.84. The first-order valence-electron chi connectivity index (χ1n) is 5.48. The number of aliphatic hydroxyl groups is 1. The van der Waals surface area contributed by atoms with E-state index in [-0.39, 0.29) is 11.8 Å². The third-order valence-corrected chi connectivity index (χ3v) is 3.16. The molecule has 1 aromatic carbocycles. The summed E-state index contributed by atoms with van der Waals surface area (Å²) in [7, 11) is 0. The fourth-order valence-electron chi connectivity index (χ4n) is 1.46. The number of rotatable bonds is 4. The summed E-state index contributed by atoms with van der Waals surface area (Å²) < 4.78 is 25.9. The molecule has 1 N–H and O–H groups in total. The minimum absolute atomic E-state index is 0.247. The second kappa shape index (κ2) is 4.91. The van der Waals surface area contributed by atoms with Crippen molar-refractivity contribution in [3.63, 3.8) is 0 Å². The maximum absolute atomic E-state index is 12.9. The van der Waals surface area contributed by atoms with Crippen LogP contribution in [0.15, 0.2) is 18.2 Å². The maximum Gasteiger partial charge on any atom is 0.126 e. The molecule has 0 spiro atoms. The molecule has 0 aliphatic heterocycles. The smallest absolute Gasteiger partial charge is 0.126 e. The number of hydrogen-bond acceptors (Lipinski definition) is 1. The predicted octanol–water partition coefficient (Wildman–Crippen LogP) is 3.30. The highest BCUT2D eigenvalue weighted by atomic mass is 19.1. The van der Waals surface area contributed by atoms with Crippen LogP contribution in [0.3, 0.4) is 0 Å². The minimum atomic E-state index is -0.600. The van der Waals surface area contributed by atoms with Gasteiger partial charge < -0.3 is 5.11 Å². The van der Waals surface area contributed by atoms with Crippen LogP contribution in [0.2, 0.25) is 0 Å². The summed E-state index contributed by atoms with van der Waals surface area (Å²) in [6.07, 6.45) is 0.486. The van der Waals surface area contributed by atoms with Gasteiger partial charge in [0.1, 0.15) is 11.6 Å². The molecular formula is C13H18F2O. The van der Waals surface area contributed by atoms with Crippen LogP contribution in [0.5, 0.6) is 0 Å². The van der Waals surface area contributed by atoms with Crippen molar-refractivity contribution in [2.24, 2.45) is 5.41 Å². The summed E-state index contributed by atoms with van der Waals surface area (Å²) >= 11 is 0. The van der Waals surface area contributed by atoms with Gasteiger partial charge in [0, 0.05) is 6.07 Å². The summed E-state index contributed by atoms with van der Waals surface area (Å²) in [4.78, 5) is 0. The van der Waals surface area contributed by atoms with Crippen molar-refractivity contribution in [1.82, 2.24) is 0 Å². The molecule has 16 heavy (non-hydrogen) atoms. The van der Waals surface area contributed by atoms with Crippen LogP contribution in [0.1, 0.15) is 32.8 Å². The number of benzene rings is 1. The molecule has 0 saturated heterocycles.